The van der Waals surface area contributed by atoms with Crippen LogP contribution in [-0.4, -0.2) is 59.9 Å². The monoisotopic (exact) mass is 335 g/mol. The van der Waals surface area contributed by atoms with Gasteiger partial charge in [0, 0.05) is 19.0 Å². The number of nitrogens with zero attached hydrogens (tertiary/aromatic N) is 2. The number of hydrogen-bond acceptors (Lipinski definition) is 3. The van der Waals surface area contributed by atoms with Gasteiger partial charge in [-0.15, -0.1) is 0 Å². The summed E-state index contributed by atoms with van der Waals surface area (Å²) in [5.74, 6) is 0.259. The fourth-order valence-corrected chi connectivity index (χ4v) is 4.59. The van der Waals surface area contributed by atoms with E-state index in [0.717, 1.165) is 32.4 Å². The van der Waals surface area contributed by atoms with Crippen LogP contribution in [0.15, 0.2) is 0 Å². The van der Waals surface area contributed by atoms with Gasteiger partial charge in [-0.2, -0.15) is 0 Å². The molecule has 1 aliphatic carbocycles. The molecule has 5 heteroatoms. The van der Waals surface area contributed by atoms with Gasteiger partial charge in [0.05, 0.1) is 0 Å². The lowest BCUT2D eigenvalue weighted by molar-refractivity contribution is -0.137. The lowest BCUT2D eigenvalue weighted by atomic mass is 10.1. The SMILES string of the molecule is O=C(NCCCN1CCCCCC1)C1CCC(=O)N1C1CCCC1. The Morgan fingerprint density at radius 1 is 1.00 bits per heavy atom. The second-order valence-corrected chi connectivity index (χ2v) is 7.69. The Morgan fingerprint density at radius 2 is 1.71 bits per heavy atom. The van der Waals surface area contributed by atoms with Crippen LogP contribution in [0.25, 0.3) is 0 Å². The molecule has 0 bridgehead atoms. The number of carbonyl (C=O) groups is 2. The maximum absolute atomic E-state index is 12.5. The Balaban J connectivity index is 1.40. The highest BCUT2D eigenvalue weighted by atomic mass is 16.2. The minimum atomic E-state index is -0.209. The molecular weight excluding hydrogens is 302 g/mol. The molecule has 0 spiro atoms. The van der Waals surface area contributed by atoms with Crippen molar-refractivity contribution in [1.82, 2.24) is 15.1 Å². The van der Waals surface area contributed by atoms with Gasteiger partial charge in [-0.1, -0.05) is 25.7 Å². The van der Waals surface area contributed by atoms with Crippen molar-refractivity contribution in [3.05, 3.63) is 0 Å². The van der Waals surface area contributed by atoms with E-state index in [2.05, 4.69) is 10.2 Å². The summed E-state index contributed by atoms with van der Waals surface area (Å²) in [6.45, 7) is 4.23. The third-order valence-electron chi connectivity index (χ3n) is 5.93. The van der Waals surface area contributed by atoms with Crippen LogP contribution in [0, 0.1) is 0 Å². The van der Waals surface area contributed by atoms with Gasteiger partial charge in [-0.25, -0.2) is 0 Å². The topological polar surface area (TPSA) is 52.7 Å². The molecule has 0 radical (unpaired) electrons. The summed E-state index contributed by atoms with van der Waals surface area (Å²) in [6, 6.07) is 0.103. The lowest BCUT2D eigenvalue weighted by Gasteiger charge is -2.30. The van der Waals surface area contributed by atoms with Crippen molar-refractivity contribution >= 4 is 11.8 Å². The molecule has 1 unspecified atom stereocenters. The van der Waals surface area contributed by atoms with Crippen molar-refractivity contribution in [2.75, 3.05) is 26.2 Å². The largest absolute Gasteiger partial charge is 0.354 e. The first-order valence-corrected chi connectivity index (χ1v) is 10.1. The summed E-state index contributed by atoms with van der Waals surface area (Å²) in [5.41, 5.74) is 0. The van der Waals surface area contributed by atoms with Crippen molar-refractivity contribution in [2.24, 2.45) is 0 Å². The van der Waals surface area contributed by atoms with Crippen LogP contribution in [0.4, 0.5) is 0 Å². The van der Waals surface area contributed by atoms with Crippen molar-refractivity contribution < 1.29 is 9.59 Å². The predicted molar refractivity (Wildman–Crippen MR) is 94.7 cm³/mol. The molecule has 2 saturated heterocycles. The van der Waals surface area contributed by atoms with Gasteiger partial charge in [0.2, 0.25) is 11.8 Å². The molecule has 0 aromatic carbocycles. The zero-order chi connectivity index (χ0) is 16.8. The molecule has 5 nitrogen and oxygen atoms in total. The zero-order valence-corrected chi connectivity index (χ0v) is 15.0. The van der Waals surface area contributed by atoms with Crippen LogP contribution in [0.2, 0.25) is 0 Å². The molecule has 2 heterocycles. The average Bonchev–Trinajstić information content (AvgIpc) is 3.15. The Morgan fingerprint density at radius 3 is 2.42 bits per heavy atom. The summed E-state index contributed by atoms with van der Waals surface area (Å²) in [5, 5.41) is 3.09. The van der Waals surface area contributed by atoms with Crippen molar-refractivity contribution in [3.63, 3.8) is 0 Å². The van der Waals surface area contributed by atoms with Crippen LogP contribution in [0.1, 0.15) is 70.6 Å². The van der Waals surface area contributed by atoms with Gasteiger partial charge in [-0.3, -0.25) is 9.59 Å². The molecule has 1 N–H and O–H groups in total. The van der Waals surface area contributed by atoms with Crippen molar-refractivity contribution in [2.45, 2.75) is 82.7 Å². The van der Waals surface area contributed by atoms with Gasteiger partial charge in [0.15, 0.2) is 0 Å². The Kier molecular flexibility index (Phi) is 6.52. The second-order valence-electron chi connectivity index (χ2n) is 7.69. The molecule has 3 fully saturated rings. The Labute approximate surface area is 146 Å². The number of rotatable bonds is 6. The fraction of sp³-hybridized carbons (Fsp3) is 0.895. The number of amides is 2. The first kappa shape index (κ1) is 17.7. The van der Waals surface area contributed by atoms with Gasteiger partial charge in [-0.05, 0) is 58.2 Å². The van der Waals surface area contributed by atoms with Gasteiger partial charge in [0.25, 0.3) is 0 Å². The van der Waals surface area contributed by atoms with Gasteiger partial charge < -0.3 is 15.1 Å². The minimum absolute atomic E-state index is 0.0728. The predicted octanol–water partition coefficient (Wildman–Crippen LogP) is 2.30. The molecule has 136 valence electrons. The number of nitrogens with one attached hydrogen (secondary N) is 1. The summed E-state index contributed by atoms with van der Waals surface area (Å²) >= 11 is 0. The van der Waals surface area contributed by atoms with E-state index in [-0.39, 0.29) is 17.9 Å². The molecule has 2 amide bonds. The Hall–Kier alpha value is -1.10. The second kappa shape index (κ2) is 8.84. The van der Waals surface area contributed by atoms with E-state index >= 15 is 0 Å². The molecule has 2 aliphatic heterocycles. The van der Waals surface area contributed by atoms with Crippen molar-refractivity contribution in [1.29, 1.82) is 0 Å². The van der Waals surface area contributed by atoms with Crippen LogP contribution in [0.3, 0.4) is 0 Å². The third kappa shape index (κ3) is 4.50. The molecule has 1 atom stereocenters. The molecular formula is C19H33N3O2. The quantitative estimate of drug-likeness (QED) is 0.758. The number of likely N-dealkylation sites (tertiary alicyclic amines) is 2. The van der Waals surface area contributed by atoms with E-state index in [4.69, 9.17) is 0 Å². The van der Waals surface area contributed by atoms with Crippen LogP contribution < -0.4 is 5.32 Å². The molecule has 0 aromatic rings. The first-order valence-electron chi connectivity index (χ1n) is 10.1. The Bertz CT molecular complexity index is 426. The van der Waals surface area contributed by atoms with Crippen LogP contribution in [0.5, 0.6) is 0 Å². The summed E-state index contributed by atoms with van der Waals surface area (Å²) < 4.78 is 0. The van der Waals surface area contributed by atoms with Crippen molar-refractivity contribution in [3.8, 4) is 0 Å². The number of hydrogen-bond donors (Lipinski definition) is 1. The standard InChI is InChI=1S/C19H33N3O2/c23-18-11-10-17(22(18)16-8-3-4-9-16)19(24)20-12-7-15-21-13-5-1-2-6-14-21/h16-17H,1-15H2,(H,20,24). The molecule has 3 rings (SSSR count). The van der Waals surface area contributed by atoms with Crippen LogP contribution >= 0.6 is 0 Å². The van der Waals surface area contributed by atoms with E-state index in [1.807, 2.05) is 4.90 Å². The average molecular weight is 335 g/mol. The zero-order valence-electron chi connectivity index (χ0n) is 15.0. The molecule has 3 aliphatic rings. The van der Waals surface area contributed by atoms with Crippen LogP contribution in [-0.2, 0) is 9.59 Å². The number of carbonyl (C=O) groups excluding carboxylic acids is 2. The van der Waals surface area contributed by atoms with E-state index in [0.29, 0.717) is 18.9 Å². The highest BCUT2D eigenvalue weighted by molar-refractivity contribution is 5.91. The maximum Gasteiger partial charge on any atom is 0.242 e. The lowest BCUT2D eigenvalue weighted by Crippen LogP contribution is -2.49. The molecule has 1 saturated carbocycles. The maximum atomic E-state index is 12.5. The normalized spacial score (nSPS) is 26.8. The third-order valence-corrected chi connectivity index (χ3v) is 5.93. The molecule has 0 aromatic heterocycles. The highest BCUT2D eigenvalue weighted by Crippen LogP contribution is 2.30. The fourth-order valence-electron chi connectivity index (χ4n) is 4.59. The summed E-state index contributed by atoms with van der Waals surface area (Å²) in [6.07, 6.45) is 12.1. The van der Waals surface area contributed by atoms with Gasteiger partial charge >= 0.3 is 0 Å². The summed E-state index contributed by atoms with van der Waals surface area (Å²) in [7, 11) is 0. The highest BCUT2D eigenvalue weighted by Gasteiger charge is 2.40. The van der Waals surface area contributed by atoms with E-state index < -0.39 is 0 Å². The smallest absolute Gasteiger partial charge is 0.242 e. The minimum Gasteiger partial charge on any atom is -0.354 e. The molecule has 24 heavy (non-hydrogen) atoms. The van der Waals surface area contributed by atoms with E-state index in [1.54, 1.807) is 0 Å². The van der Waals surface area contributed by atoms with E-state index in [1.165, 1.54) is 51.6 Å². The van der Waals surface area contributed by atoms with Gasteiger partial charge in [0.1, 0.15) is 6.04 Å². The summed E-state index contributed by atoms with van der Waals surface area (Å²) in [4.78, 5) is 29.2. The first-order chi connectivity index (χ1) is 11.8. The van der Waals surface area contributed by atoms with E-state index in [9.17, 15) is 9.59 Å².